The third-order valence-electron chi connectivity index (χ3n) is 4.53. The highest BCUT2D eigenvalue weighted by Gasteiger charge is 2.21. The Hall–Kier alpha value is -2.60. The molecule has 0 saturated heterocycles. The average Bonchev–Trinajstić information content (AvgIpc) is 3.15. The number of benzene rings is 2. The maximum absolute atomic E-state index is 12.9. The van der Waals surface area contributed by atoms with Crippen LogP contribution in [-0.2, 0) is 5.41 Å². The van der Waals surface area contributed by atoms with Crippen molar-refractivity contribution < 1.29 is 9.53 Å². The fraction of sp³-hybridized carbons (Fsp3) is 0.318. The molecular formula is C22H25N3O2S. The topological polar surface area (TPSA) is 57.0 Å². The Kier molecular flexibility index (Phi) is 5.89. The first-order valence-electron chi connectivity index (χ1n) is 9.15. The number of methoxy groups -OCH3 is 1. The first-order valence-corrected chi connectivity index (χ1v) is 10.0. The second-order valence-electron chi connectivity index (χ2n) is 7.64. The molecule has 0 aliphatic heterocycles. The van der Waals surface area contributed by atoms with Crippen LogP contribution in [0.4, 0.5) is 0 Å². The highest BCUT2D eigenvalue weighted by Crippen LogP contribution is 2.28. The lowest BCUT2D eigenvalue weighted by atomic mass is 9.86. The molecule has 5 nitrogen and oxygen atoms in total. The molecule has 0 aliphatic carbocycles. The lowest BCUT2D eigenvalue weighted by Crippen LogP contribution is -2.16. The van der Waals surface area contributed by atoms with Crippen LogP contribution in [0.3, 0.4) is 0 Å². The summed E-state index contributed by atoms with van der Waals surface area (Å²) >= 11 is 1.40. The summed E-state index contributed by atoms with van der Waals surface area (Å²) in [4.78, 5) is 12.9. The van der Waals surface area contributed by atoms with E-state index in [1.807, 2.05) is 60.0 Å². The molecule has 6 heteroatoms. The molecule has 146 valence electrons. The number of hydrogen-bond donors (Lipinski definition) is 0. The van der Waals surface area contributed by atoms with Crippen molar-refractivity contribution in [2.45, 2.75) is 43.5 Å². The van der Waals surface area contributed by atoms with E-state index in [9.17, 15) is 4.79 Å². The van der Waals surface area contributed by atoms with E-state index < -0.39 is 0 Å². The molecule has 1 atom stereocenters. The summed E-state index contributed by atoms with van der Waals surface area (Å²) in [5.41, 5.74) is 2.87. The molecular weight excluding hydrogens is 370 g/mol. The molecule has 0 saturated carbocycles. The predicted octanol–water partition coefficient (Wildman–Crippen LogP) is 4.94. The first kappa shape index (κ1) is 20.1. The number of nitrogens with zero attached hydrogens (tertiary/aromatic N) is 3. The number of carbonyl (C=O) groups is 1. The molecule has 0 amide bonds. The van der Waals surface area contributed by atoms with Crippen LogP contribution < -0.4 is 4.74 Å². The van der Waals surface area contributed by atoms with Gasteiger partial charge in [-0.1, -0.05) is 62.9 Å². The van der Waals surface area contributed by atoms with Crippen LogP contribution in [0.2, 0.25) is 0 Å². The Bertz CT molecular complexity index is 958. The number of ether oxygens (including phenoxy) is 1. The number of rotatable bonds is 6. The van der Waals surface area contributed by atoms with E-state index in [1.54, 1.807) is 13.4 Å². The number of ketones is 1. The highest BCUT2D eigenvalue weighted by atomic mass is 32.2. The van der Waals surface area contributed by atoms with Gasteiger partial charge in [0.05, 0.1) is 18.0 Å². The van der Waals surface area contributed by atoms with Gasteiger partial charge in [0.2, 0.25) is 0 Å². The monoisotopic (exact) mass is 395 g/mol. The van der Waals surface area contributed by atoms with Gasteiger partial charge >= 0.3 is 0 Å². The quantitative estimate of drug-likeness (QED) is 0.437. The van der Waals surface area contributed by atoms with Crippen molar-refractivity contribution >= 4 is 17.5 Å². The summed E-state index contributed by atoms with van der Waals surface area (Å²) in [5, 5.41) is 8.59. The number of hydrogen-bond acceptors (Lipinski definition) is 5. The van der Waals surface area contributed by atoms with Crippen LogP contribution in [-0.4, -0.2) is 32.9 Å². The molecule has 3 rings (SSSR count). The molecule has 3 aromatic rings. The third-order valence-corrected chi connectivity index (χ3v) is 5.59. The largest absolute Gasteiger partial charge is 0.497 e. The summed E-state index contributed by atoms with van der Waals surface area (Å²) in [6, 6.07) is 15.5. The van der Waals surface area contributed by atoms with Gasteiger partial charge in [-0.2, -0.15) is 0 Å². The number of aromatic nitrogens is 3. The molecule has 0 N–H and O–H groups in total. The third kappa shape index (κ3) is 4.44. The molecule has 28 heavy (non-hydrogen) atoms. The molecule has 1 aromatic heterocycles. The zero-order chi connectivity index (χ0) is 20.3. The highest BCUT2D eigenvalue weighted by molar-refractivity contribution is 8.00. The summed E-state index contributed by atoms with van der Waals surface area (Å²) in [7, 11) is 1.63. The van der Waals surface area contributed by atoms with Crippen LogP contribution in [0.25, 0.3) is 5.69 Å². The minimum absolute atomic E-state index is 0.0646. The summed E-state index contributed by atoms with van der Waals surface area (Å²) in [5.74, 6) is 0.830. The van der Waals surface area contributed by atoms with E-state index in [1.165, 1.54) is 17.3 Å². The molecule has 1 unspecified atom stereocenters. The van der Waals surface area contributed by atoms with E-state index in [-0.39, 0.29) is 16.4 Å². The molecule has 0 radical (unpaired) electrons. The maximum Gasteiger partial charge on any atom is 0.196 e. The van der Waals surface area contributed by atoms with Crippen LogP contribution in [0.1, 0.15) is 43.6 Å². The van der Waals surface area contributed by atoms with Gasteiger partial charge in [0, 0.05) is 11.6 Å². The lowest BCUT2D eigenvalue weighted by molar-refractivity contribution is 0.0994. The van der Waals surface area contributed by atoms with Crippen molar-refractivity contribution in [2.24, 2.45) is 0 Å². The van der Waals surface area contributed by atoms with E-state index in [0.717, 1.165) is 11.4 Å². The van der Waals surface area contributed by atoms with Gasteiger partial charge in [-0.3, -0.25) is 9.36 Å². The van der Waals surface area contributed by atoms with E-state index in [4.69, 9.17) is 4.74 Å². The van der Waals surface area contributed by atoms with E-state index in [0.29, 0.717) is 10.7 Å². The van der Waals surface area contributed by atoms with Gasteiger partial charge in [0.15, 0.2) is 10.9 Å². The van der Waals surface area contributed by atoms with Gasteiger partial charge in [-0.25, -0.2) is 0 Å². The molecule has 0 bridgehead atoms. The van der Waals surface area contributed by atoms with Crippen molar-refractivity contribution in [1.29, 1.82) is 0 Å². The fourth-order valence-electron chi connectivity index (χ4n) is 2.82. The Morgan fingerprint density at radius 1 is 1.14 bits per heavy atom. The smallest absolute Gasteiger partial charge is 0.196 e. The van der Waals surface area contributed by atoms with E-state index >= 15 is 0 Å². The summed E-state index contributed by atoms with van der Waals surface area (Å²) in [6.45, 7) is 8.38. The number of Topliss-reactive ketones (excluding diaryl/α,β-unsaturated/α-hetero) is 1. The van der Waals surface area contributed by atoms with Gasteiger partial charge < -0.3 is 4.74 Å². The van der Waals surface area contributed by atoms with Crippen LogP contribution in [0, 0.1) is 0 Å². The summed E-state index contributed by atoms with van der Waals surface area (Å²) < 4.78 is 7.15. The molecule has 0 aliphatic rings. The van der Waals surface area contributed by atoms with Gasteiger partial charge in [0.25, 0.3) is 0 Å². The zero-order valence-corrected chi connectivity index (χ0v) is 17.7. The van der Waals surface area contributed by atoms with Gasteiger partial charge in [-0.15, -0.1) is 10.2 Å². The second kappa shape index (κ2) is 8.19. The average molecular weight is 396 g/mol. The SMILES string of the molecule is COc1cccc(-n2cnnc2SC(C)C(=O)c2ccc(C(C)(C)C)cc2)c1. The van der Waals surface area contributed by atoms with Crippen LogP contribution in [0.15, 0.2) is 60.0 Å². The summed E-state index contributed by atoms with van der Waals surface area (Å²) in [6.07, 6.45) is 1.65. The van der Waals surface area contributed by atoms with Gasteiger partial charge in [0.1, 0.15) is 12.1 Å². The maximum atomic E-state index is 12.9. The number of thioether (sulfide) groups is 1. The molecule has 0 spiro atoms. The van der Waals surface area contributed by atoms with Crippen molar-refractivity contribution in [1.82, 2.24) is 14.8 Å². The lowest BCUT2D eigenvalue weighted by Gasteiger charge is -2.19. The van der Waals surface area contributed by atoms with Gasteiger partial charge in [-0.05, 0) is 30.0 Å². The minimum Gasteiger partial charge on any atom is -0.497 e. The van der Waals surface area contributed by atoms with Crippen molar-refractivity contribution in [3.8, 4) is 11.4 Å². The Labute approximate surface area is 170 Å². The number of carbonyl (C=O) groups excluding carboxylic acids is 1. The van der Waals surface area contributed by atoms with Crippen molar-refractivity contribution in [2.75, 3.05) is 7.11 Å². The molecule has 0 fully saturated rings. The normalized spacial score (nSPS) is 12.6. The zero-order valence-electron chi connectivity index (χ0n) is 16.8. The first-order chi connectivity index (χ1) is 13.3. The predicted molar refractivity (Wildman–Crippen MR) is 113 cm³/mol. The molecule has 2 aromatic carbocycles. The van der Waals surface area contributed by atoms with Crippen molar-refractivity contribution in [3.05, 3.63) is 66.0 Å². The Morgan fingerprint density at radius 3 is 2.50 bits per heavy atom. The minimum atomic E-state index is -0.283. The standard InChI is InChI=1S/C22H25N3O2S/c1-15(20(26)16-9-11-17(12-10-16)22(2,3)4)28-21-24-23-14-25(21)18-7-6-8-19(13-18)27-5/h6-15H,1-5H3. The second-order valence-corrected chi connectivity index (χ2v) is 8.94. The Morgan fingerprint density at radius 2 is 1.86 bits per heavy atom. The van der Waals surface area contributed by atoms with E-state index in [2.05, 4.69) is 31.0 Å². The van der Waals surface area contributed by atoms with Crippen molar-refractivity contribution in [3.63, 3.8) is 0 Å². The Balaban J connectivity index is 1.77. The fourth-order valence-corrected chi connectivity index (χ4v) is 3.74. The molecule has 1 heterocycles. The van der Waals surface area contributed by atoms with Crippen LogP contribution >= 0.6 is 11.8 Å². The van der Waals surface area contributed by atoms with Crippen LogP contribution in [0.5, 0.6) is 5.75 Å².